The maximum atomic E-state index is 12.6. The van der Waals surface area contributed by atoms with E-state index in [9.17, 15) is 18.0 Å². The number of carbonyl (C=O) groups excluding carboxylic acids is 1. The minimum Gasteiger partial charge on any atom is -0.340 e. The predicted octanol–water partition coefficient (Wildman–Crippen LogP) is 3.92. The summed E-state index contributed by atoms with van der Waals surface area (Å²) in [5.74, 6) is -0.0684. The predicted molar refractivity (Wildman–Crippen MR) is 95.4 cm³/mol. The zero-order valence-electron chi connectivity index (χ0n) is 14.3. The van der Waals surface area contributed by atoms with Gasteiger partial charge in [-0.25, -0.2) is 4.98 Å². The molecule has 0 bridgehead atoms. The third-order valence-electron chi connectivity index (χ3n) is 4.66. The number of alkyl halides is 3. The molecule has 5 nitrogen and oxygen atoms in total. The Hall–Kier alpha value is -2.42. The number of carbonyl (C=O) groups is 1. The monoisotopic (exact) mass is 394 g/mol. The molecule has 1 amide bonds. The highest BCUT2D eigenvalue weighted by molar-refractivity contribution is 7.18. The lowest BCUT2D eigenvalue weighted by atomic mass is 9.98. The van der Waals surface area contributed by atoms with Gasteiger partial charge in [0.05, 0.1) is 15.2 Å². The van der Waals surface area contributed by atoms with E-state index in [1.165, 1.54) is 6.20 Å². The number of benzene rings is 1. The number of nitrogens with zero attached hydrogens (tertiary/aromatic N) is 4. The van der Waals surface area contributed by atoms with Gasteiger partial charge in [-0.2, -0.15) is 18.3 Å². The number of aromatic nitrogens is 3. The Morgan fingerprint density at radius 1 is 1.26 bits per heavy atom. The zero-order chi connectivity index (χ0) is 19.0. The molecule has 1 fully saturated rings. The summed E-state index contributed by atoms with van der Waals surface area (Å²) in [5.41, 5.74) is -0.0292. The minimum atomic E-state index is -4.50. The number of likely N-dealkylation sites (tertiary alicyclic amines) is 1. The van der Waals surface area contributed by atoms with Crippen LogP contribution in [0, 0.1) is 0 Å². The van der Waals surface area contributed by atoms with Crippen LogP contribution in [0.25, 0.3) is 10.2 Å². The Bertz CT molecular complexity index is 932. The van der Waals surface area contributed by atoms with Crippen molar-refractivity contribution in [3.8, 4) is 0 Å². The van der Waals surface area contributed by atoms with E-state index in [4.69, 9.17) is 0 Å². The van der Waals surface area contributed by atoms with Crippen LogP contribution in [0.4, 0.5) is 13.2 Å². The fraction of sp³-hybridized carbons (Fsp3) is 0.389. The molecule has 0 saturated carbocycles. The van der Waals surface area contributed by atoms with Crippen molar-refractivity contribution in [1.29, 1.82) is 0 Å². The lowest BCUT2D eigenvalue weighted by Gasteiger charge is -2.31. The molecule has 0 spiro atoms. The second kappa shape index (κ2) is 6.95. The number of fused-ring (bicyclic) bond motifs is 1. The largest absolute Gasteiger partial charge is 0.435 e. The van der Waals surface area contributed by atoms with E-state index < -0.39 is 11.9 Å². The van der Waals surface area contributed by atoms with Crippen molar-refractivity contribution >= 4 is 27.5 Å². The van der Waals surface area contributed by atoms with Gasteiger partial charge in [0.25, 0.3) is 0 Å². The van der Waals surface area contributed by atoms with Crippen LogP contribution < -0.4 is 0 Å². The summed E-state index contributed by atoms with van der Waals surface area (Å²) in [6.07, 6.45) is -1.52. The number of rotatable bonds is 3. The smallest absolute Gasteiger partial charge is 0.340 e. The molecule has 0 N–H and O–H groups in total. The first-order valence-electron chi connectivity index (χ1n) is 8.64. The number of hydrogen-bond donors (Lipinski definition) is 0. The van der Waals surface area contributed by atoms with Crippen molar-refractivity contribution in [2.24, 2.45) is 0 Å². The van der Waals surface area contributed by atoms with Crippen molar-refractivity contribution < 1.29 is 18.0 Å². The van der Waals surface area contributed by atoms with Crippen LogP contribution in [-0.2, 0) is 17.5 Å². The van der Waals surface area contributed by atoms with Crippen LogP contribution in [0.15, 0.2) is 36.5 Å². The van der Waals surface area contributed by atoms with Crippen LogP contribution in [0.5, 0.6) is 0 Å². The first kappa shape index (κ1) is 18.0. The molecule has 1 aliphatic rings. The Labute approximate surface area is 157 Å². The molecule has 2 aromatic heterocycles. The van der Waals surface area contributed by atoms with Gasteiger partial charge in [-0.3, -0.25) is 9.48 Å². The van der Waals surface area contributed by atoms with Gasteiger partial charge in [0.1, 0.15) is 6.54 Å². The van der Waals surface area contributed by atoms with E-state index >= 15 is 0 Å². The number of piperidine rings is 1. The van der Waals surface area contributed by atoms with Gasteiger partial charge >= 0.3 is 6.18 Å². The molecule has 9 heteroatoms. The Kier molecular flexibility index (Phi) is 4.63. The lowest BCUT2D eigenvalue weighted by molar-refractivity contribution is -0.142. The van der Waals surface area contributed by atoms with Crippen LogP contribution in [0.2, 0.25) is 0 Å². The molecule has 0 aliphatic carbocycles. The van der Waals surface area contributed by atoms with Gasteiger partial charge in [0.15, 0.2) is 5.69 Å². The molecule has 1 atom stereocenters. The SMILES string of the molecule is O=C(Cn1ccc(C(F)(F)F)n1)N1CCC[C@H](c2nc3ccccc3s2)C1. The molecule has 3 heterocycles. The molecule has 1 aliphatic heterocycles. The molecular formula is C18H17F3N4OS. The second-order valence-corrected chi connectivity index (χ2v) is 7.66. The van der Waals surface area contributed by atoms with E-state index in [0.717, 1.165) is 38.8 Å². The molecule has 27 heavy (non-hydrogen) atoms. The van der Waals surface area contributed by atoms with Gasteiger partial charge in [-0.1, -0.05) is 12.1 Å². The molecule has 1 saturated heterocycles. The van der Waals surface area contributed by atoms with E-state index in [-0.39, 0.29) is 18.4 Å². The third-order valence-corrected chi connectivity index (χ3v) is 5.86. The average Bonchev–Trinajstić information content (AvgIpc) is 3.28. The molecular weight excluding hydrogens is 377 g/mol. The number of thiazole rings is 1. The standard InChI is InChI=1S/C18H17F3N4OS/c19-18(20,21)15-7-9-25(23-15)11-16(26)24-8-3-4-12(10-24)17-22-13-5-1-2-6-14(13)27-17/h1-2,5-7,9,12H,3-4,8,10-11H2/t12-/m0/s1. The minimum absolute atomic E-state index is 0.156. The highest BCUT2D eigenvalue weighted by atomic mass is 32.1. The van der Waals surface area contributed by atoms with Gasteiger partial charge in [-0.15, -0.1) is 11.3 Å². The summed E-state index contributed by atoms with van der Waals surface area (Å²) in [7, 11) is 0. The van der Waals surface area contributed by atoms with Crippen molar-refractivity contribution in [1.82, 2.24) is 19.7 Å². The molecule has 0 unspecified atom stereocenters. The van der Waals surface area contributed by atoms with Crippen LogP contribution in [-0.4, -0.2) is 38.7 Å². The maximum Gasteiger partial charge on any atom is 0.435 e. The molecule has 1 aromatic carbocycles. The summed E-state index contributed by atoms with van der Waals surface area (Å²) < 4.78 is 40.1. The molecule has 4 rings (SSSR count). The van der Waals surface area contributed by atoms with E-state index in [1.807, 2.05) is 24.3 Å². The van der Waals surface area contributed by atoms with Gasteiger partial charge in [0.2, 0.25) is 5.91 Å². The second-order valence-electron chi connectivity index (χ2n) is 6.60. The normalized spacial score (nSPS) is 18.2. The molecule has 142 valence electrons. The number of halogens is 3. The molecule has 3 aromatic rings. The molecule has 0 radical (unpaired) electrons. The van der Waals surface area contributed by atoms with Crippen molar-refractivity contribution in [2.45, 2.75) is 31.5 Å². The van der Waals surface area contributed by atoms with Crippen molar-refractivity contribution in [2.75, 3.05) is 13.1 Å². The zero-order valence-corrected chi connectivity index (χ0v) is 15.1. The topological polar surface area (TPSA) is 51.0 Å². The Morgan fingerprint density at radius 3 is 2.81 bits per heavy atom. The van der Waals surface area contributed by atoms with Crippen LogP contribution in [0.3, 0.4) is 0 Å². The fourth-order valence-corrected chi connectivity index (χ4v) is 4.40. The van der Waals surface area contributed by atoms with Crippen LogP contribution >= 0.6 is 11.3 Å². The summed E-state index contributed by atoms with van der Waals surface area (Å²) in [5, 5.41) is 4.46. The Balaban J connectivity index is 1.44. The van der Waals surface area contributed by atoms with Crippen LogP contribution in [0.1, 0.15) is 29.5 Å². The number of hydrogen-bond acceptors (Lipinski definition) is 4. The number of para-hydroxylation sites is 1. The first-order valence-corrected chi connectivity index (χ1v) is 9.46. The quantitative estimate of drug-likeness (QED) is 0.677. The lowest BCUT2D eigenvalue weighted by Crippen LogP contribution is -2.40. The van der Waals surface area contributed by atoms with Gasteiger partial charge in [-0.05, 0) is 31.0 Å². The number of amides is 1. The van der Waals surface area contributed by atoms with Gasteiger partial charge in [0, 0.05) is 25.2 Å². The average molecular weight is 394 g/mol. The Morgan fingerprint density at radius 2 is 2.07 bits per heavy atom. The highest BCUT2D eigenvalue weighted by Crippen LogP contribution is 2.33. The first-order chi connectivity index (χ1) is 12.9. The maximum absolute atomic E-state index is 12.6. The third kappa shape index (κ3) is 3.83. The summed E-state index contributed by atoms with van der Waals surface area (Å²) in [6.45, 7) is 0.947. The van der Waals surface area contributed by atoms with Crippen molar-refractivity contribution in [3.05, 3.63) is 47.2 Å². The highest BCUT2D eigenvalue weighted by Gasteiger charge is 2.34. The van der Waals surface area contributed by atoms with E-state index in [0.29, 0.717) is 13.1 Å². The van der Waals surface area contributed by atoms with Gasteiger partial charge < -0.3 is 4.90 Å². The van der Waals surface area contributed by atoms with E-state index in [2.05, 4.69) is 10.1 Å². The van der Waals surface area contributed by atoms with Crippen molar-refractivity contribution in [3.63, 3.8) is 0 Å². The summed E-state index contributed by atoms with van der Waals surface area (Å²) >= 11 is 1.64. The van der Waals surface area contributed by atoms with E-state index in [1.54, 1.807) is 16.2 Å². The fourth-order valence-electron chi connectivity index (χ4n) is 3.31. The summed E-state index contributed by atoms with van der Waals surface area (Å²) in [4.78, 5) is 18.9. The summed E-state index contributed by atoms with van der Waals surface area (Å²) in [6, 6.07) is 8.80.